The number of amides is 1. The molecule has 3 rings (SSSR count). The lowest BCUT2D eigenvalue weighted by molar-refractivity contribution is 0.0684. The van der Waals surface area contributed by atoms with Crippen LogP contribution in [0.25, 0.3) is 0 Å². The maximum absolute atomic E-state index is 12.6. The van der Waals surface area contributed by atoms with Gasteiger partial charge in [0, 0.05) is 13.1 Å². The van der Waals surface area contributed by atoms with Crippen molar-refractivity contribution in [2.75, 3.05) is 13.1 Å². The van der Waals surface area contributed by atoms with Crippen molar-refractivity contribution in [3.8, 4) is 0 Å². The predicted octanol–water partition coefficient (Wildman–Crippen LogP) is 2.15. The van der Waals surface area contributed by atoms with E-state index < -0.39 is 12.1 Å². The third-order valence-electron chi connectivity index (χ3n) is 4.81. The summed E-state index contributed by atoms with van der Waals surface area (Å²) < 4.78 is 5.26. The average Bonchev–Trinajstić information content (AvgIpc) is 3.12. The topological polar surface area (TPSA) is 92.6 Å². The van der Waals surface area contributed by atoms with Gasteiger partial charge in [-0.2, -0.15) is 0 Å². The van der Waals surface area contributed by atoms with Gasteiger partial charge in [0.15, 0.2) is 5.69 Å². The van der Waals surface area contributed by atoms with Crippen LogP contribution in [0.3, 0.4) is 0 Å². The Hall–Kier alpha value is -2.18. The fourth-order valence-corrected chi connectivity index (χ4v) is 3.19. The molecule has 6 heteroatoms. The lowest BCUT2D eigenvalue weighted by Gasteiger charge is -2.31. The van der Waals surface area contributed by atoms with Gasteiger partial charge in [-0.15, -0.1) is 0 Å². The molecule has 1 fully saturated rings. The molecule has 0 radical (unpaired) electrons. The highest BCUT2D eigenvalue weighted by Crippen LogP contribution is 2.23. The molecule has 1 aromatic carbocycles. The number of oxazole rings is 1. The van der Waals surface area contributed by atoms with E-state index in [4.69, 9.17) is 10.2 Å². The van der Waals surface area contributed by atoms with E-state index in [0.29, 0.717) is 5.92 Å². The summed E-state index contributed by atoms with van der Waals surface area (Å²) in [6.45, 7) is 3.01. The van der Waals surface area contributed by atoms with Gasteiger partial charge in [0.25, 0.3) is 5.91 Å². The van der Waals surface area contributed by atoms with E-state index in [1.54, 1.807) is 6.92 Å². The molecular weight excluding hydrogens is 318 g/mol. The van der Waals surface area contributed by atoms with Crippen molar-refractivity contribution in [3.63, 3.8) is 0 Å². The molecule has 3 N–H and O–H groups in total. The minimum atomic E-state index is -0.782. The van der Waals surface area contributed by atoms with Crippen molar-refractivity contribution in [3.05, 3.63) is 53.7 Å². The van der Waals surface area contributed by atoms with Crippen molar-refractivity contribution in [2.45, 2.75) is 38.3 Å². The Morgan fingerprint density at radius 3 is 2.68 bits per heavy atom. The van der Waals surface area contributed by atoms with Crippen molar-refractivity contribution in [1.29, 1.82) is 0 Å². The molecule has 2 aromatic rings. The standard InChI is InChI=1S/C19H25N3O3/c1-13(23)17(20)18-21-16(12-25-18)19(24)22-9-7-15(8-10-22)11-14-5-3-2-4-6-14/h2-6,12-13,15,17,23H,7-11,20H2,1H3. The molecule has 2 unspecified atom stereocenters. The van der Waals surface area contributed by atoms with Gasteiger partial charge in [-0.25, -0.2) is 4.98 Å². The summed E-state index contributed by atoms with van der Waals surface area (Å²) in [7, 11) is 0. The van der Waals surface area contributed by atoms with Gasteiger partial charge < -0.3 is 20.2 Å². The third kappa shape index (κ3) is 4.27. The molecule has 1 aromatic heterocycles. The molecule has 0 saturated carbocycles. The molecule has 0 aliphatic carbocycles. The van der Waals surface area contributed by atoms with Crippen LogP contribution in [0.15, 0.2) is 41.0 Å². The second-order valence-electron chi connectivity index (χ2n) is 6.76. The number of carbonyl (C=O) groups is 1. The first-order valence-electron chi connectivity index (χ1n) is 8.77. The van der Waals surface area contributed by atoms with Gasteiger partial charge in [0.05, 0.1) is 6.10 Å². The van der Waals surface area contributed by atoms with Gasteiger partial charge in [-0.1, -0.05) is 30.3 Å². The molecule has 1 amide bonds. The lowest BCUT2D eigenvalue weighted by Crippen LogP contribution is -2.39. The van der Waals surface area contributed by atoms with Crippen LogP contribution in [0.5, 0.6) is 0 Å². The Kier molecular flexibility index (Phi) is 5.50. The Morgan fingerprint density at radius 2 is 2.04 bits per heavy atom. The monoisotopic (exact) mass is 343 g/mol. The van der Waals surface area contributed by atoms with Gasteiger partial charge >= 0.3 is 0 Å². The van der Waals surface area contributed by atoms with Crippen molar-refractivity contribution in [1.82, 2.24) is 9.88 Å². The summed E-state index contributed by atoms with van der Waals surface area (Å²) in [4.78, 5) is 18.5. The summed E-state index contributed by atoms with van der Waals surface area (Å²) >= 11 is 0. The van der Waals surface area contributed by atoms with Crippen molar-refractivity contribution in [2.24, 2.45) is 11.7 Å². The second kappa shape index (κ2) is 7.80. The van der Waals surface area contributed by atoms with Crippen LogP contribution in [0.2, 0.25) is 0 Å². The van der Waals surface area contributed by atoms with E-state index in [9.17, 15) is 9.90 Å². The summed E-state index contributed by atoms with van der Waals surface area (Å²) in [5.74, 6) is 0.659. The minimum Gasteiger partial charge on any atom is -0.446 e. The fraction of sp³-hybridized carbons (Fsp3) is 0.474. The first-order chi connectivity index (χ1) is 12.0. The number of aromatic nitrogens is 1. The molecule has 2 heterocycles. The number of rotatable bonds is 5. The van der Waals surface area contributed by atoms with Crippen molar-refractivity contribution >= 4 is 5.91 Å². The van der Waals surface area contributed by atoms with Crippen LogP contribution in [0, 0.1) is 5.92 Å². The molecule has 25 heavy (non-hydrogen) atoms. The summed E-state index contributed by atoms with van der Waals surface area (Å²) in [6.07, 6.45) is 3.57. The molecule has 1 aliphatic rings. The number of likely N-dealkylation sites (tertiary alicyclic amines) is 1. The smallest absolute Gasteiger partial charge is 0.275 e. The molecule has 1 saturated heterocycles. The molecule has 0 spiro atoms. The maximum Gasteiger partial charge on any atom is 0.275 e. The predicted molar refractivity (Wildman–Crippen MR) is 93.9 cm³/mol. The Morgan fingerprint density at radius 1 is 1.36 bits per heavy atom. The zero-order valence-electron chi connectivity index (χ0n) is 14.5. The highest BCUT2D eigenvalue weighted by molar-refractivity contribution is 5.92. The van der Waals surface area contributed by atoms with E-state index in [-0.39, 0.29) is 17.5 Å². The van der Waals surface area contributed by atoms with E-state index in [2.05, 4.69) is 29.2 Å². The van der Waals surface area contributed by atoms with E-state index in [1.807, 2.05) is 11.0 Å². The van der Waals surface area contributed by atoms with E-state index in [1.165, 1.54) is 11.8 Å². The zero-order chi connectivity index (χ0) is 17.8. The van der Waals surface area contributed by atoms with Gasteiger partial charge in [-0.3, -0.25) is 4.79 Å². The SMILES string of the molecule is CC(O)C(N)c1nc(C(=O)N2CCC(Cc3ccccc3)CC2)co1. The molecule has 1 aliphatic heterocycles. The number of nitrogens with two attached hydrogens (primary N) is 1. The minimum absolute atomic E-state index is 0.133. The van der Waals surface area contributed by atoms with Crippen LogP contribution in [-0.4, -0.2) is 40.1 Å². The third-order valence-corrected chi connectivity index (χ3v) is 4.81. The summed E-state index contributed by atoms with van der Waals surface area (Å²) in [6, 6.07) is 9.74. The molecular formula is C19H25N3O3. The van der Waals surface area contributed by atoms with Crippen LogP contribution in [0.4, 0.5) is 0 Å². The first-order valence-corrected chi connectivity index (χ1v) is 8.77. The molecule has 0 bridgehead atoms. The number of benzene rings is 1. The molecule has 2 atom stereocenters. The number of carbonyl (C=O) groups excluding carboxylic acids is 1. The summed E-state index contributed by atoms with van der Waals surface area (Å²) in [5.41, 5.74) is 7.39. The Bertz CT molecular complexity index is 691. The molecule has 6 nitrogen and oxygen atoms in total. The van der Waals surface area contributed by atoms with E-state index >= 15 is 0 Å². The van der Waals surface area contributed by atoms with Gasteiger partial charge in [0.1, 0.15) is 12.3 Å². The Balaban J connectivity index is 1.55. The zero-order valence-corrected chi connectivity index (χ0v) is 14.5. The normalized spacial score (nSPS) is 18.1. The maximum atomic E-state index is 12.6. The lowest BCUT2D eigenvalue weighted by atomic mass is 9.90. The van der Waals surface area contributed by atoms with Crippen LogP contribution < -0.4 is 5.73 Å². The number of hydrogen-bond acceptors (Lipinski definition) is 5. The van der Waals surface area contributed by atoms with Gasteiger partial charge in [0.2, 0.25) is 5.89 Å². The Labute approximate surface area is 147 Å². The number of piperidine rings is 1. The first kappa shape index (κ1) is 17.6. The number of hydrogen-bond donors (Lipinski definition) is 2. The fourth-order valence-electron chi connectivity index (χ4n) is 3.19. The van der Waals surface area contributed by atoms with Crippen LogP contribution >= 0.6 is 0 Å². The number of aliphatic hydroxyl groups excluding tert-OH is 1. The highest BCUT2D eigenvalue weighted by atomic mass is 16.3. The average molecular weight is 343 g/mol. The van der Waals surface area contributed by atoms with E-state index in [0.717, 1.165) is 32.4 Å². The highest BCUT2D eigenvalue weighted by Gasteiger charge is 2.27. The second-order valence-corrected chi connectivity index (χ2v) is 6.76. The number of aliphatic hydroxyl groups is 1. The number of nitrogens with zero attached hydrogens (tertiary/aromatic N) is 2. The van der Waals surface area contributed by atoms with Crippen LogP contribution in [0.1, 0.15) is 47.7 Å². The quantitative estimate of drug-likeness (QED) is 0.868. The molecule has 134 valence electrons. The van der Waals surface area contributed by atoms with Crippen LogP contribution in [-0.2, 0) is 6.42 Å². The van der Waals surface area contributed by atoms with Gasteiger partial charge in [-0.05, 0) is 37.7 Å². The summed E-state index contributed by atoms with van der Waals surface area (Å²) in [5, 5.41) is 9.50. The van der Waals surface area contributed by atoms with Crippen molar-refractivity contribution < 1.29 is 14.3 Å². The largest absolute Gasteiger partial charge is 0.446 e.